The standard InChI is InChI=1S/C34H26N4/c1-5-13-28-22(9-1)21(18-35-28)17-32-34(25-12-4-8-16-31(25)38-32)33(26-19-36-29-14-6-2-10-23(26)29)27-20-37-30-15-7-3-11-24(27)30/h1-16,18-20,33,35-38H,17H2. The molecule has 0 fully saturated rings. The number of fused-ring (bicyclic) bond motifs is 4. The predicted octanol–water partition coefficient (Wildman–Crippen LogP) is 8.38. The molecule has 0 atom stereocenters. The molecule has 4 aromatic heterocycles. The van der Waals surface area contributed by atoms with Crippen molar-refractivity contribution in [3.8, 4) is 0 Å². The van der Waals surface area contributed by atoms with Crippen LogP contribution in [0.1, 0.15) is 33.9 Å². The smallest absolute Gasteiger partial charge is 0.0459 e. The van der Waals surface area contributed by atoms with Crippen LogP contribution in [0.3, 0.4) is 0 Å². The van der Waals surface area contributed by atoms with Crippen LogP contribution in [0.4, 0.5) is 0 Å². The first-order chi connectivity index (χ1) is 18.8. The Morgan fingerprint density at radius 1 is 0.474 bits per heavy atom. The molecule has 4 N–H and O–H groups in total. The highest BCUT2D eigenvalue weighted by atomic mass is 14.7. The highest BCUT2D eigenvalue weighted by Crippen LogP contribution is 2.44. The minimum atomic E-state index is 0.0404. The molecule has 4 aromatic carbocycles. The molecule has 0 aliphatic carbocycles. The summed E-state index contributed by atoms with van der Waals surface area (Å²) in [6.07, 6.45) is 7.38. The van der Waals surface area contributed by atoms with Crippen LogP contribution in [0.5, 0.6) is 0 Å². The van der Waals surface area contributed by atoms with Crippen molar-refractivity contribution >= 4 is 43.6 Å². The van der Waals surface area contributed by atoms with E-state index in [1.807, 2.05) is 0 Å². The third-order valence-electron chi connectivity index (χ3n) is 8.02. The van der Waals surface area contributed by atoms with Crippen molar-refractivity contribution in [1.29, 1.82) is 0 Å². The summed E-state index contributed by atoms with van der Waals surface area (Å²) < 4.78 is 0. The van der Waals surface area contributed by atoms with Gasteiger partial charge in [0.05, 0.1) is 0 Å². The van der Waals surface area contributed by atoms with Crippen LogP contribution in [0.15, 0.2) is 116 Å². The average molecular weight is 491 g/mol. The summed E-state index contributed by atoms with van der Waals surface area (Å²) in [5.41, 5.74) is 11.1. The van der Waals surface area contributed by atoms with Crippen LogP contribution < -0.4 is 0 Å². The summed E-state index contributed by atoms with van der Waals surface area (Å²) in [7, 11) is 0. The highest BCUT2D eigenvalue weighted by molar-refractivity contribution is 5.93. The van der Waals surface area contributed by atoms with Crippen molar-refractivity contribution in [2.45, 2.75) is 12.3 Å². The number of aromatic nitrogens is 4. The Kier molecular flexibility index (Phi) is 4.61. The Bertz CT molecular complexity index is 2010. The maximum atomic E-state index is 3.83. The number of hydrogen-bond acceptors (Lipinski definition) is 0. The predicted molar refractivity (Wildman–Crippen MR) is 157 cm³/mol. The fourth-order valence-electron chi connectivity index (χ4n) is 6.30. The quantitative estimate of drug-likeness (QED) is 0.187. The van der Waals surface area contributed by atoms with E-state index in [1.165, 1.54) is 60.5 Å². The van der Waals surface area contributed by atoms with Gasteiger partial charge in [-0.05, 0) is 46.5 Å². The zero-order valence-corrected chi connectivity index (χ0v) is 20.8. The molecule has 4 nitrogen and oxygen atoms in total. The van der Waals surface area contributed by atoms with Gasteiger partial charge in [0, 0.05) is 80.2 Å². The lowest BCUT2D eigenvalue weighted by molar-refractivity contribution is 0.964. The maximum absolute atomic E-state index is 3.83. The van der Waals surface area contributed by atoms with Crippen LogP contribution in [0, 0.1) is 0 Å². The molecule has 8 rings (SSSR count). The minimum Gasteiger partial charge on any atom is -0.361 e. The van der Waals surface area contributed by atoms with Crippen molar-refractivity contribution in [2.75, 3.05) is 0 Å². The number of nitrogens with one attached hydrogen (secondary N) is 4. The average Bonchev–Trinajstić information content (AvgIpc) is 3.75. The lowest BCUT2D eigenvalue weighted by atomic mass is 9.82. The third-order valence-corrected chi connectivity index (χ3v) is 8.02. The first kappa shape index (κ1) is 21.2. The van der Waals surface area contributed by atoms with E-state index in [1.54, 1.807) is 0 Å². The van der Waals surface area contributed by atoms with Gasteiger partial charge in [0.2, 0.25) is 0 Å². The highest BCUT2D eigenvalue weighted by Gasteiger charge is 2.28. The second-order valence-corrected chi connectivity index (χ2v) is 10.1. The van der Waals surface area contributed by atoms with Crippen LogP contribution in [-0.2, 0) is 6.42 Å². The van der Waals surface area contributed by atoms with Crippen LogP contribution >= 0.6 is 0 Å². The van der Waals surface area contributed by atoms with E-state index in [-0.39, 0.29) is 5.92 Å². The monoisotopic (exact) mass is 490 g/mol. The normalized spacial score (nSPS) is 12.0. The molecule has 8 aromatic rings. The minimum absolute atomic E-state index is 0.0404. The van der Waals surface area contributed by atoms with Crippen molar-refractivity contribution in [3.63, 3.8) is 0 Å². The number of aromatic amines is 4. The van der Waals surface area contributed by atoms with Gasteiger partial charge in [-0.2, -0.15) is 0 Å². The van der Waals surface area contributed by atoms with Gasteiger partial charge in [-0.3, -0.25) is 0 Å². The maximum Gasteiger partial charge on any atom is 0.0459 e. The van der Waals surface area contributed by atoms with Gasteiger partial charge in [-0.1, -0.05) is 72.8 Å². The Labute approximate surface area is 219 Å². The third kappa shape index (κ3) is 3.17. The van der Waals surface area contributed by atoms with Crippen molar-refractivity contribution in [1.82, 2.24) is 19.9 Å². The zero-order valence-electron chi connectivity index (χ0n) is 20.8. The largest absolute Gasteiger partial charge is 0.361 e. The van der Waals surface area contributed by atoms with Gasteiger partial charge in [0.1, 0.15) is 0 Å². The molecule has 0 aliphatic heterocycles. The molecule has 0 aliphatic rings. The molecule has 4 heteroatoms. The van der Waals surface area contributed by atoms with Crippen molar-refractivity contribution in [2.24, 2.45) is 0 Å². The molecule has 0 radical (unpaired) electrons. The molecule has 38 heavy (non-hydrogen) atoms. The SMILES string of the molecule is c1ccc2c(Cc3[nH]c4ccccc4c3C(c3c[nH]c4ccccc34)c3c[nH]c4ccccc34)c[nH]c2c1. The molecule has 0 saturated carbocycles. The van der Waals surface area contributed by atoms with E-state index < -0.39 is 0 Å². The molecule has 0 spiro atoms. The Morgan fingerprint density at radius 2 is 0.947 bits per heavy atom. The molecule has 0 saturated heterocycles. The number of hydrogen-bond donors (Lipinski definition) is 4. The molecular formula is C34H26N4. The summed E-state index contributed by atoms with van der Waals surface area (Å²) in [5.74, 6) is 0.0404. The lowest BCUT2D eigenvalue weighted by Crippen LogP contribution is -2.06. The second-order valence-electron chi connectivity index (χ2n) is 10.1. The second kappa shape index (κ2) is 8.29. The lowest BCUT2D eigenvalue weighted by Gasteiger charge is -2.19. The first-order valence-electron chi connectivity index (χ1n) is 13.1. The summed E-state index contributed by atoms with van der Waals surface area (Å²) in [5, 5.41) is 5.05. The topological polar surface area (TPSA) is 63.2 Å². The van der Waals surface area contributed by atoms with E-state index in [0.717, 1.165) is 17.5 Å². The van der Waals surface area contributed by atoms with Crippen molar-refractivity contribution in [3.05, 3.63) is 144 Å². The molecule has 0 amide bonds. The Hall–Kier alpha value is -4.96. The van der Waals surface area contributed by atoms with Crippen LogP contribution in [0.25, 0.3) is 43.6 Å². The fraction of sp³-hybridized carbons (Fsp3) is 0.0588. The van der Waals surface area contributed by atoms with Gasteiger partial charge in [-0.15, -0.1) is 0 Å². The molecular weight excluding hydrogens is 464 g/mol. The molecule has 4 heterocycles. The fourth-order valence-corrected chi connectivity index (χ4v) is 6.30. The Morgan fingerprint density at radius 3 is 1.58 bits per heavy atom. The van der Waals surface area contributed by atoms with Crippen LogP contribution in [-0.4, -0.2) is 19.9 Å². The van der Waals surface area contributed by atoms with E-state index in [0.29, 0.717) is 0 Å². The van der Waals surface area contributed by atoms with Gasteiger partial charge in [-0.25, -0.2) is 0 Å². The van der Waals surface area contributed by atoms with E-state index in [2.05, 4.69) is 136 Å². The summed E-state index contributed by atoms with van der Waals surface area (Å²) in [6, 6.07) is 34.5. The van der Waals surface area contributed by atoms with E-state index in [4.69, 9.17) is 0 Å². The van der Waals surface area contributed by atoms with Gasteiger partial charge < -0.3 is 19.9 Å². The van der Waals surface area contributed by atoms with Gasteiger partial charge in [0.15, 0.2) is 0 Å². The van der Waals surface area contributed by atoms with E-state index in [9.17, 15) is 0 Å². The Balaban J connectivity index is 1.43. The van der Waals surface area contributed by atoms with E-state index >= 15 is 0 Å². The van der Waals surface area contributed by atoms with Gasteiger partial charge >= 0.3 is 0 Å². The van der Waals surface area contributed by atoms with Gasteiger partial charge in [0.25, 0.3) is 0 Å². The number of para-hydroxylation sites is 4. The first-order valence-corrected chi connectivity index (χ1v) is 13.1. The number of benzene rings is 4. The van der Waals surface area contributed by atoms with Crippen molar-refractivity contribution < 1.29 is 0 Å². The summed E-state index contributed by atoms with van der Waals surface area (Å²) in [6.45, 7) is 0. The zero-order chi connectivity index (χ0) is 25.1. The number of rotatable bonds is 5. The molecule has 182 valence electrons. The number of H-pyrrole nitrogens is 4. The summed E-state index contributed by atoms with van der Waals surface area (Å²) >= 11 is 0. The van der Waals surface area contributed by atoms with Crippen LogP contribution in [0.2, 0.25) is 0 Å². The molecule has 0 bridgehead atoms. The molecule has 0 unspecified atom stereocenters. The summed E-state index contributed by atoms with van der Waals surface area (Å²) in [4.78, 5) is 14.4.